The Hall–Kier alpha value is -2.08. The Morgan fingerprint density at radius 1 is 1.63 bits per heavy atom. The van der Waals surface area contributed by atoms with Crippen LogP contribution in [0.1, 0.15) is 39.6 Å². The molecule has 0 unspecified atom stereocenters. The van der Waals surface area contributed by atoms with Crippen LogP contribution in [-0.2, 0) is 11.3 Å². The average molecular weight is 265 g/mol. The lowest BCUT2D eigenvalue weighted by Crippen LogP contribution is -2.41. The molecule has 0 fully saturated rings. The minimum atomic E-state index is -1.10. The number of likely N-dealkylation sites (N-methyl/N-ethyl adjacent to an activating group) is 1. The van der Waals surface area contributed by atoms with Crippen molar-refractivity contribution in [3.63, 3.8) is 0 Å². The molecule has 0 aromatic carbocycles. The smallest absolute Gasteiger partial charge is 0.234 e. The summed E-state index contributed by atoms with van der Waals surface area (Å²) in [5.41, 5.74) is 7.36. The van der Waals surface area contributed by atoms with Gasteiger partial charge in [0.2, 0.25) is 5.91 Å². The predicted molar refractivity (Wildman–Crippen MR) is 70.1 cm³/mol. The monoisotopic (exact) mass is 265 g/mol. The Balaban J connectivity index is 2.85. The first-order chi connectivity index (χ1) is 8.79. The van der Waals surface area contributed by atoms with Crippen LogP contribution >= 0.6 is 0 Å². The molecular weight excluding hydrogens is 246 g/mol. The van der Waals surface area contributed by atoms with Gasteiger partial charge in [-0.05, 0) is 33.2 Å². The molecule has 1 heterocycles. The number of hydrogen-bond acceptors (Lipinski definition) is 4. The second kappa shape index (κ2) is 5.71. The lowest BCUT2D eigenvalue weighted by Gasteiger charge is -2.25. The van der Waals surface area contributed by atoms with E-state index in [0.717, 1.165) is 0 Å². The summed E-state index contributed by atoms with van der Waals surface area (Å²) in [5, 5.41) is 11.4. The van der Waals surface area contributed by atoms with Crippen LogP contribution in [0.2, 0.25) is 0 Å². The van der Waals surface area contributed by atoms with Crippen LogP contribution in [0.5, 0.6) is 0 Å². The number of carbonyl (C=O) groups is 1. The van der Waals surface area contributed by atoms with Gasteiger partial charge >= 0.3 is 0 Å². The average Bonchev–Trinajstić information content (AvgIpc) is 2.76. The minimum absolute atomic E-state index is 0.221. The zero-order valence-corrected chi connectivity index (χ0v) is 11.9. The molecule has 104 valence electrons. The van der Waals surface area contributed by atoms with E-state index in [0.29, 0.717) is 12.4 Å². The molecule has 0 saturated heterocycles. The molecule has 1 amide bonds. The van der Waals surface area contributed by atoms with Crippen molar-refractivity contribution in [3.05, 3.63) is 22.6 Å². The third-order valence-corrected chi connectivity index (χ3v) is 2.75. The highest BCUT2D eigenvalue weighted by molar-refractivity contribution is 5.85. The van der Waals surface area contributed by atoms with Crippen LogP contribution in [0, 0.1) is 0 Å². The van der Waals surface area contributed by atoms with Gasteiger partial charge in [0, 0.05) is 18.0 Å². The Bertz CT molecular complexity index is 499. The molecule has 8 nitrogen and oxygen atoms in total. The number of nitrogens with zero attached hydrogens (tertiary/aromatic N) is 7. The summed E-state index contributed by atoms with van der Waals surface area (Å²) in [5.74, 6) is 0.436. The normalized spacial score (nSPS) is 11.3. The van der Waals surface area contributed by atoms with E-state index in [9.17, 15) is 4.79 Å². The summed E-state index contributed by atoms with van der Waals surface area (Å²) in [7, 11) is 1.65. The summed E-state index contributed by atoms with van der Waals surface area (Å²) in [6.45, 7) is 7.51. The number of hydrogen-bond donors (Lipinski definition) is 0. The van der Waals surface area contributed by atoms with E-state index in [1.54, 1.807) is 27.2 Å². The molecule has 0 aliphatic carbocycles. The van der Waals surface area contributed by atoms with E-state index in [2.05, 4.69) is 20.2 Å². The van der Waals surface area contributed by atoms with Gasteiger partial charge in [-0.1, -0.05) is 5.11 Å². The van der Waals surface area contributed by atoms with E-state index in [4.69, 9.17) is 5.53 Å². The van der Waals surface area contributed by atoms with Crippen molar-refractivity contribution in [3.8, 4) is 0 Å². The van der Waals surface area contributed by atoms with E-state index >= 15 is 0 Å². The second-order valence-corrected chi connectivity index (χ2v) is 5.16. The zero-order chi connectivity index (χ0) is 14.6. The summed E-state index contributed by atoms with van der Waals surface area (Å²) < 4.78 is 1.89. The third-order valence-electron chi connectivity index (χ3n) is 2.75. The van der Waals surface area contributed by atoms with Crippen LogP contribution in [-0.4, -0.2) is 38.2 Å². The van der Waals surface area contributed by atoms with Gasteiger partial charge in [-0.3, -0.25) is 4.79 Å². The number of amides is 1. The molecule has 0 aliphatic heterocycles. The summed E-state index contributed by atoms with van der Waals surface area (Å²) in [6, 6.07) is 0.221. The van der Waals surface area contributed by atoms with Gasteiger partial charge in [0.25, 0.3) is 0 Å². The molecule has 1 aromatic rings. The SMILES string of the molecule is CC(C)n1cnnc1CN(C)C(=O)C(C)(C)N=[N+]=[N-]. The highest BCUT2D eigenvalue weighted by Crippen LogP contribution is 2.15. The van der Waals surface area contributed by atoms with E-state index in [-0.39, 0.29) is 11.9 Å². The molecule has 0 N–H and O–H groups in total. The fourth-order valence-corrected chi connectivity index (χ4v) is 1.72. The van der Waals surface area contributed by atoms with E-state index in [1.165, 1.54) is 4.90 Å². The fraction of sp³-hybridized carbons (Fsp3) is 0.727. The Labute approximate surface area is 112 Å². The Kier molecular flexibility index (Phi) is 4.50. The van der Waals surface area contributed by atoms with Gasteiger partial charge in [-0.25, -0.2) is 0 Å². The third kappa shape index (κ3) is 3.45. The summed E-state index contributed by atoms with van der Waals surface area (Å²) >= 11 is 0. The van der Waals surface area contributed by atoms with Gasteiger partial charge in [0.15, 0.2) is 5.82 Å². The van der Waals surface area contributed by atoms with Gasteiger partial charge in [0.1, 0.15) is 11.9 Å². The van der Waals surface area contributed by atoms with E-state index in [1.807, 2.05) is 18.4 Å². The summed E-state index contributed by atoms with van der Waals surface area (Å²) in [4.78, 5) is 16.3. The highest BCUT2D eigenvalue weighted by Gasteiger charge is 2.30. The van der Waals surface area contributed by atoms with Crippen molar-refractivity contribution in [2.24, 2.45) is 5.11 Å². The Morgan fingerprint density at radius 2 is 2.26 bits per heavy atom. The maximum atomic E-state index is 12.2. The van der Waals surface area contributed by atoms with Gasteiger partial charge in [-0.2, -0.15) is 0 Å². The van der Waals surface area contributed by atoms with Crippen molar-refractivity contribution in [2.75, 3.05) is 7.05 Å². The number of azide groups is 1. The van der Waals surface area contributed by atoms with Crippen molar-refractivity contribution in [1.82, 2.24) is 19.7 Å². The molecule has 0 bridgehead atoms. The molecule has 19 heavy (non-hydrogen) atoms. The highest BCUT2D eigenvalue weighted by atomic mass is 16.2. The van der Waals surface area contributed by atoms with Crippen molar-refractivity contribution in [2.45, 2.75) is 45.8 Å². The van der Waals surface area contributed by atoms with Gasteiger partial charge in [0.05, 0.1) is 6.54 Å². The lowest BCUT2D eigenvalue weighted by molar-refractivity contribution is -0.135. The molecule has 0 saturated carbocycles. The van der Waals surface area contributed by atoms with Crippen LogP contribution in [0.15, 0.2) is 11.4 Å². The van der Waals surface area contributed by atoms with Gasteiger partial charge < -0.3 is 9.47 Å². The van der Waals surface area contributed by atoms with Crippen molar-refractivity contribution in [1.29, 1.82) is 0 Å². The van der Waals surface area contributed by atoms with Crippen molar-refractivity contribution >= 4 is 5.91 Å². The Morgan fingerprint density at radius 3 is 2.79 bits per heavy atom. The second-order valence-electron chi connectivity index (χ2n) is 5.16. The predicted octanol–water partition coefficient (Wildman–Crippen LogP) is 1.91. The molecule has 0 atom stereocenters. The summed E-state index contributed by atoms with van der Waals surface area (Å²) in [6.07, 6.45) is 1.64. The first-order valence-electron chi connectivity index (χ1n) is 5.99. The number of rotatable bonds is 5. The van der Waals surface area contributed by atoms with Crippen molar-refractivity contribution < 1.29 is 4.79 Å². The van der Waals surface area contributed by atoms with Gasteiger partial charge in [-0.15, -0.1) is 10.2 Å². The molecule has 8 heteroatoms. The topological polar surface area (TPSA) is 99.8 Å². The zero-order valence-electron chi connectivity index (χ0n) is 11.9. The molecule has 0 aliphatic rings. The van der Waals surface area contributed by atoms with Crippen LogP contribution in [0.25, 0.3) is 10.4 Å². The maximum Gasteiger partial charge on any atom is 0.234 e. The first-order valence-corrected chi connectivity index (χ1v) is 5.99. The van der Waals surface area contributed by atoms with Crippen LogP contribution in [0.3, 0.4) is 0 Å². The fourth-order valence-electron chi connectivity index (χ4n) is 1.72. The van der Waals surface area contributed by atoms with Crippen LogP contribution in [0.4, 0.5) is 0 Å². The lowest BCUT2D eigenvalue weighted by atomic mass is 10.1. The number of aromatic nitrogens is 3. The standard InChI is InChI=1S/C11H19N7O/c1-8(2)18-7-13-14-9(18)6-17(5)10(19)11(3,4)15-16-12/h7-8H,6H2,1-5H3. The quantitative estimate of drug-likeness (QED) is 0.461. The van der Waals surface area contributed by atoms with Crippen LogP contribution < -0.4 is 0 Å². The molecule has 0 radical (unpaired) electrons. The molecular formula is C11H19N7O. The minimum Gasteiger partial charge on any atom is -0.338 e. The number of carbonyl (C=O) groups excluding carboxylic acids is 1. The molecule has 1 aromatic heterocycles. The maximum absolute atomic E-state index is 12.2. The molecule has 1 rings (SSSR count). The largest absolute Gasteiger partial charge is 0.338 e. The first kappa shape index (κ1) is 15.0. The van der Waals surface area contributed by atoms with E-state index < -0.39 is 5.54 Å². The molecule has 0 spiro atoms.